The molecule has 0 aromatic carbocycles. The van der Waals surface area contributed by atoms with E-state index in [1.54, 1.807) is 11.3 Å². The summed E-state index contributed by atoms with van der Waals surface area (Å²) in [4.78, 5) is 13.9. The molecule has 0 N–H and O–H groups in total. The molecule has 1 fully saturated rings. The number of aromatic nitrogens is 2. The van der Waals surface area contributed by atoms with Crippen LogP contribution in [0.4, 0.5) is 5.82 Å². The summed E-state index contributed by atoms with van der Waals surface area (Å²) in [5, 5.41) is 3.44. The summed E-state index contributed by atoms with van der Waals surface area (Å²) in [5.41, 5.74) is 1.22. The minimum atomic E-state index is 0.979. The Morgan fingerprint density at radius 2 is 2.05 bits per heavy atom. The molecule has 1 saturated heterocycles. The Labute approximate surface area is 124 Å². The molecule has 5 heteroatoms. The van der Waals surface area contributed by atoms with E-state index >= 15 is 0 Å². The van der Waals surface area contributed by atoms with Gasteiger partial charge < -0.3 is 4.90 Å². The van der Waals surface area contributed by atoms with Crippen molar-refractivity contribution in [2.24, 2.45) is 0 Å². The van der Waals surface area contributed by atoms with Crippen LogP contribution in [-0.4, -0.2) is 41.0 Å². The Kier molecular flexibility index (Phi) is 4.28. The highest BCUT2D eigenvalue weighted by molar-refractivity contribution is 7.09. The van der Waals surface area contributed by atoms with Crippen molar-refractivity contribution in [3.8, 4) is 0 Å². The Hall–Kier alpha value is -1.46. The number of aryl methyl sites for hydroxylation is 1. The zero-order chi connectivity index (χ0) is 13.8. The Balaban J connectivity index is 1.53. The van der Waals surface area contributed by atoms with Crippen molar-refractivity contribution in [1.29, 1.82) is 0 Å². The lowest BCUT2D eigenvalue weighted by atomic mass is 10.3. The first-order chi connectivity index (χ1) is 9.85. The van der Waals surface area contributed by atoms with E-state index in [2.05, 4.69) is 44.2 Å². The summed E-state index contributed by atoms with van der Waals surface area (Å²) < 4.78 is 0. The van der Waals surface area contributed by atoms with E-state index in [4.69, 9.17) is 0 Å². The number of anilines is 1. The number of hydrogen-bond acceptors (Lipinski definition) is 5. The van der Waals surface area contributed by atoms with E-state index < -0.39 is 0 Å². The van der Waals surface area contributed by atoms with Crippen LogP contribution in [0.3, 0.4) is 0 Å². The quantitative estimate of drug-likeness (QED) is 0.865. The van der Waals surface area contributed by atoms with Gasteiger partial charge in [0.05, 0.1) is 10.7 Å². The fraction of sp³-hybridized carbons (Fsp3) is 0.467. The lowest BCUT2D eigenvalue weighted by molar-refractivity contribution is 0.247. The Morgan fingerprint density at radius 1 is 1.20 bits per heavy atom. The van der Waals surface area contributed by atoms with Crippen molar-refractivity contribution in [3.63, 3.8) is 0 Å². The minimum Gasteiger partial charge on any atom is -0.354 e. The zero-order valence-corrected chi connectivity index (χ0v) is 12.6. The minimum absolute atomic E-state index is 0.979. The van der Waals surface area contributed by atoms with Gasteiger partial charge >= 0.3 is 0 Å². The third-order valence-corrected chi connectivity index (χ3v) is 4.67. The highest BCUT2D eigenvalue weighted by Gasteiger charge is 2.18. The van der Waals surface area contributed by atoms with Crippen LogP contribution >= 0.6 is 11.3 Å². The average Bonchev–Trinajstić information content (AvgIpc) is 2.97. The predicted molar refractivity (Wildman–Crippen MR) is 83.2 cm³/mol. The van der Waals surface area contributed by atoms with E-state index in [9.17, 15) is 0 Å². The van der Waals surface area contributed by atoms with Crippen LogP contribution in [0, 0.1) is 0 Å². The van der Waals surface area contributed by atoms with E-state index in [-0.39, 0.29) is 0 Å². The molecule has 0 amide bonds. The van der Waals surface area contributed by atoms with Gasteiger partial charge in [-0.2, -0.15) is 0 Å². The van der Waals surface area contributed by atoms with Gasteiger partial charge in [-0.15, -0.1) is 11.3 Å². The summed E-state index contributed by atoms with van der Waals surface area (Å²) in [6, 6.07) is 6.10. The molecular formula is C15H20N4S. The van der Waals surface area contributed by atoms with Crippen LogP contribution in [0.25, 0.3) is 0 Å². The molecule has 2 aromatic heterocycles. The highest BCUT2D eigenvalue weighted by atomic mass is 32.1. The predicted octanol–water partition coefficient (Wildman–Crippen LogP) is 2.42. The fourth-order valence-electron chi connectivity index (χ4n) is 2.49. The third kappa shape index (κ3) is 3.16. The maximum Gasteiger partial charge on any atom is 0.128 e. The van der Waals surface area contributed by atoms with Gasteiger partial charge in [-0.25, -0.2) is 9.97 Å². The van der Waals surface area contributed by atoms with E-state index in [1.165, 1.54) is 10.7 Å². The topological polar surface area (TPSA) is 32.3 Å². The van der Waals surface area contributed by atoms with Gasteiger partial charge in [0.1, 0.15) is 5.82 Å². The van der Waals surface area contributed by atoms with Crippen LogP contribution < -0.4 is 4.90 Å². The monoisotopic (exact) mass is 288 g/mol. The standard InChI is InChI=1S/C15H20N4S/c1-2-15-17-13(12-20-15)11-18-7-9-19(10-8-18)14-5-3-4-6-16-14/h3-6,12H,2,7-11H2,1H3. The Bertz CT molecular complexity index is 532. The summed E-state index contributed by atoms with van der Waals surface area (Å²) in [6.07, 6.45) is 2.90. The number of piperazine rings is 1. The second-order valence-corrected chi connectivity index (χ2v) is 5.98. The van der Waals surface area contributed by atoms with E-state index in [1.807, 2.05) is 12.3 Å². The molecule has 3 heterocycles. The van der Waals surface area contributed by atoms with Crippen LogP contribution in [-0.2, 0) is 13.0 Å². The van der Waals surface area contributed by atoms with Gasteiger partial charge in [0.15, 0.2) is 0 Å². The normalized spacial score (nSPS) is 16.6. The molecule has 0 bridgehead atoms. The first-order valence-electron chi connectivity index (χ1n) is 7.17. The van der Waals surface area contributed by atoms with Gasteiger partial charge in [0.2, 0.25) is 0 Å². The third-order valence-electron chi connectivity index (χ3n) is 3.63. The second-order valence-electron chi connectivity index (χ2n) is 5.04. The summed E-state index contributed by atoms with van der Waals surface area (Å²) in [5.74, 6) is 1.09. The molecule has 1 aliphatic rings. The molecule has 106 valence electrons. The molecule has 4 nitrogen and oxygen atoms in total. The van der Waals surface area contributed by atoms with Crippen molar-refractivity contribution in [1.82, 2.24) is 14.9 Å². The molecule has 3 rings (SSSR count). The van der Waals surface area contributed by atoms with Crippen molar-refractivity contribution in [3.05, 3.63) is 40.5 Å². The second kappa shape index (κ2) is 6.33. The highest BCUT2D eigenvalue weighted by Crippen LogP contribution is 2.16. The molecule has 0 spiro atoms. The van der Waals surface area contributed by atoms with Crippen molar-refractivity contribution >= 4 is 17.2 Å². The van der Waals surface area contributed by atoms with Crippen molar-refractivity contribution < 1.29 is 0 Å². The summed E-state index contributed by atoms with van der Waals surface area (Å²) >= 11 is 1.78. The fourth-order valence-corrected chi connectivity index (χ4v) is 3.22. The van der Waals surface area contributed by atoms with Crippen LogP contribution in [0.15, 0.2) is 29.8 Å². The molecule has 0 radical (unpaired) electrons. The van der Waals surface area contributed by atoms with Gasteiger partial charge in [-0.3, -0.25) is 4.90 Å². The molecule has 20 heavy (non-hydrogen) atoms. The van der Waals surface area contributed by atoms with Gasteiger partial charge in [0, 0.05) is 44.3 Å². The average molecular weight is 288 g/mol. The van der Waals surface area contributed by atoms with Crippen LogP contribution in [0.1, 0.15) is 17.6 Å². The number of hydrogen-bond donors (Lipinski definition) is 0. The SMILES string of the molecule is CCc1nc(CN2CCN(c3ccccn3)CC2)cs1. The molecule has 0 unspecified atom stereocenters. The first kappa shape index (κ1) is 13.5. The van der Waals surface area contributed by atoms with Crippen LogP contribution in [0.5, 0.6) is 0 Å². The molecule has 2 aromatic rings. The number of pyridine rings is 1. The number of nitrogens with zero attached hydrogens (tertiary/aromatic N) is 4. The molecule has 0 atom stereocenters. The summed E-state index contributed by atoms with van der Waals surface area (Å²) in [7, 11) is 0. The lowest BCUT2D eigenvalue weighted by Crippen LogP contribution is -2.46. The van der Waals surface area contributed by atoms with E-state index in [0.29, 0.717) is 0 Å². The number of rotatable bonds is 4. The van der Waals surface area contributed by atoms with Crippen LogP contribution in [0.2, 0.25) is 0 Å². The van der Waals surface area contributed by atoms with Gasteiger partial charge in [-0.05, 0) is 18.6 Å². The number of thiazole rings is 1. The van der Waals surface area contributed by atoms with Gasteiger partial charge in [-0.1, -0.05) is 13.0 Å². The first-order valence-corrected chi connectivity index (χ1v) is 8.04. The maximum absolute atomic E-state index is 4.65. The molecule has 0 aliphatic carbocycles. The van der Waals surface area contributed by atoms with Crippen molar-refractivity contribution in [2.45, 2.75) is 19.9 Å². The zero-order valence-electron chi connectivity index (χ0n) is 11.8. The molecule has 1 aliphatic heterocycles. The lowest BCUT2D eigenvalue weighted by Gasteiger charge is -2.35. The Morgan fingerprint density at radius 3 is 2.70 bits per heavy atom. The van der Waals surface area contributed by atoms with E-state index in [0.717, 1.165) is 45.0 Å². The smallest absolute Gasteiger partial charge is 0.128 e. The van der Waals surface area contributed by atoms with Crippen molar-refractivity contribution in [2.75, 3.05) is 31.1 Å². The van der Waals surface area contributed by atoms with Gasteiger partial charge in [0.25, 0.3) is 0 Å². The summed E-state index contributed by atoms with van der Waals surface area (Å²) in [6.45, 7) is 7.38. The molecular weight excluding hydrogens is 268 g/mol. The molecule has 0 saturated carbocycles. The maximum atomic E-state index is 4.65. The largest absolute Gasteiger partial charge is 0.354 e.